The normalized spacial score (nSPS) is 10.7. The molecule has 4 rings (SSSR count). The van der Waals surface area contributed by atoms with Crippen molar-refractivity contribution in [1.82, 2.24) is 19.2 Å². The zero-order valence-electron chi connectivity index (χ0n) is 15.9. The van der Waals surface area contributed by atoms with Crippen LogP contribution in [0.25, 0.3) is 5.78 Å². The largest absolute Gasteiger partial charge is 0.497 e. The molecule has 0 aliphatic heterocycles. The van der Waals surface area contributed by atoms with Gasteiger partial charge in [-0.25, -0.2) is 18.3 Å². The van der Waals surface area contributed by atoms with E-state index in [-0.39, 0.29) is 18.1 Å². The Morgan fingerprint density at radius 1 is 1.13 bits per heavy atom. The Kier molecular flexibility index (Phi) is 5.12. The Bertz CT molecular complexity index is 1270. The van der Waals surface area contributed by atoms with Gasteiger partial charge < -0.3 is 15.4 Å². The van der Waals surface area contributed by atoms with Crippen LogP contribution < -0.4 is 21.1 Å². The highest BCUT2D eigenvalue weighted by molar-refractivity contribution is 5.90. The van der Waals surface area contributed by atoms with E-state index in [0.717, 1.165) is 4.68 Å². The maximum Gasteiger partial charge on any atom is 0.352 e. The number of carbonyl (C=O) groups is 1. The molecule has 0 spiro atoms. The molecule has 1 amide bonds. The van der Waals surface area contributed by atoms with Crippen LogP contribution in [0.15, 0.2) is 65.6 Å². The van der Waals surface area contributed by atoms with Gasteiger partial charge >= 0.3 is 5.69 Å². The third-order valence-electron chi connectivity index (χ3n) is 4.22. The molecule has 0 aliphatic rings. The van der Waals surface area contributed by atoms with E-state index < -0.39 is 11.6 Å². The lowest BCUT2D eigenvalue weighted by Gasteiger charge is -2.06. The number of carbonyl (C=O) groups excluding carboxylic acids is 1. The summed E-state index contributed by atoms with van der Waals surface area (Å²) >= 11 is 0. The molecule has 0 saturated heterocycles. The lowest BCUT2D eigenvalue weighted by molar-refractivity contribution is -0.117. The summed E-state index contributed by atoms with van der Waals surface area (Å²) in [6.45, 7) is -0.278. The van der Waals surface area contributed by atoms with E-state index in [1.807, 2.05) is 0 Å². The first-order valence-corrected chi connectivity index (χ1v) is 8.94. The van der Waals surface area contributed by atoms with E-state index in [9.17, 15) is 14.0 Å². The molecule has 0 atom stereocenters. The third-order valence-corrected chi connectivity index (χ3v) is 4.22. The average Bonchev–Trinajstić information content (AvgIpc) is 3.04. The molecule has 0 saturated carbocycles. The molecule has 4 aromatic rings. The molecular formula is C20H17FN6O3. The SMILES string of the molecule is COc1cccc(NC(=O)Cn2nc3nc(Nc4ccc(F)cc4)ccn3c2=O)c1. The van der Waals surface area contributed by atoms with Crippen LogP contribution in [0.4, 0.5) is 21.6 Å². The molecule has 10 heteroatoms. The first-order chi connectivity index (χ1) is 14.5. The Morgan fingerprint density at radius 3 is 2.70 bits per heavy atom. The van der Waals surface area contributed by atoms with Crippen LogP contribution >= 0.6 is 0 Å². The predicted molar refractivity (Wildman–Crippen MR) is 109 cm³/mol. The number of benzene rings is 2. The molecule has 9 nitrogen and oxygen atoms in total. The number of hydrogen-bond donors (Lipinski definition) is 2. The van der Waals surface area contributed by atoms with Crippen molar-refractivity contribution < 1.29 is 13.9 Å². The fourth-order valence-electron chi connectivity index (χ4n) is 2.80. The van der Waals surface area contributed by atoms with Crippen molar-refractivity contribution in [3.8, 4) is 5.75 Å². The van der Waals surface area contributed by atoms with Crippen LogP contribution in [-0.2, 0) is 11.3 Å². The lowest BCUT2D eigenvalue weighted by atomic mass is 10.3. The first kappa shape index (κ1) is 19.1. The summed E-state index contributed by atoms with van der Waals surface area (Å²) in [5.41, 5.74) is 0.680. The standard InChI is InChI=1S/C20H17FN6O3/c1-30-16-4-2-3-15(11-16)23-18(28)12-27-20(29)26-10-9-17(24-19(26)25-27)22-14-7-5-13(21)6-8-14/h2-11H,12H2,1H3,(H,23,28)(H,22,24,25). The lowest BCUT2D eigenvalue weighted by Crippen LogP contribution is -2.28. The monoisotopic (exact) mass is 408 g/mol. The molecule has 0 fully saturated rings. The van der Waals surface area contributed by atoms with E-state index in [2.05, 4.69) is 20.7 Å². The second-order valence-electron chi connectivity index (χ2n) is 6.34. The zero-order chi connectivity index (χ0) is 21.1. The summed E-state index contributed by atoms with van der Waals surface area (Å²) in [5, 5.41) is 9.81. The summed E-state index contributed by atoms with van der Waals surface area (Å²) in [7, 11) is 1.53. The Balaban J connectivity index is 1.51. The Hall–Kier alpha value is -4.21. The number of rotatable bonds is 6. The topological polar surface area (TPSA) is 103 Å². The molecule has 0 aliphatic carbocycles. The molecule has 2 heterocycles. The second kappa shape index (κ2) is 8.03. The number of amides is 1. The summed E-state index contributed by atoms with van der Waals surface area (Å²) in [4.78, 5) is 29.1. The smallest absolute Gasteiger partial charge is 0.352 e. The van der Waals surface area contributed by atoms with Gasteiger partial charge in [0.2, 0.25) is 5.91 Å². The van der Waals surface area contributed by atoms with Crippen molar-refractivity contribution in [2.75, 3.05) is 17.7 Å². The van der Waals surface area contributed by atoms with Crippen molar-refractivity contribution in [2.24, 2.45) is 0 Å². The van der Waals surface area contributed by atoms with Crippen molar-refractivity contribution in [2.45, 2.75) is 6.54 Å². The first-order valence-electron chi connectivity index (χ1n) is 8.94. The van der Waals surface area contributed by atoms with Crippen LogP contribution in [0, 0.1) is 5.82 Å². The molecule has 0 radical (unpaired) electrons. The number of nitrogens with one attached hydrogen (secondary N) is 2. The van der Waals surface area contributed by atoms with Crippen LogP contribution in [0.3, 0.4) is 0 Å². The number of ether oxygens (including phenoxy) is 1. The minimum atomic E-state index is -0.494. The van der Waals surface area contributed by atoms with E-state index in [4.69, 9.17) is 4.74 Å². The molecule has 2 aromatic heterocycles. The average molecular weight is 408 g/mol. The number of fused-ring (bicyclic) bond motifs is 1. The minimum absolute atomic E-state index is 0.126. The number of hydrogen-bond acceptors (Lipinski definition) is 6. The predicted octanol–water partition coefficient (Wildman–Crippen LogP) is 2.42. The quantitative estimate of drug-likeness (QED) is 0.508. The van der Waals surface area contributed by atoms with Crippen LogP contribution in [-0.4, -0.2) is 32.2 Å². The van der Waals surface area contributed by atoms with Gasteiger partial charge in [-0.05, 0) is 42.5 Å². The fourth-order valence-corrected chi connectivity index (χ4v) is 2.80. The van der Waals surface area contributed by atoms with E-state index in [1.54, 1.807) is 42.5 Å². The van der Waals surface area contributed by atoms with Crippen molar-refractivity contribution in [3.05, 3.63) is 77.1 Å². The van der Waals surface area contributed by atoms with Crippen LogP contribution in [0.1, 0.15) is 0 Å². The van der Waals surface area contributed by atoms with Crippen molar-refractivity contribution in [1.29, 1.82) is 0 Å². The van der Waals surface area contributed by atoms with Gasteiger partial charge in [-0.2, -0.15) is 4.98 Å². The van der Waals surface area contributed by atoms with Gasteiger partial charge in [0.15, 0.2) is 0 Å². The van der Waals surface area contributed by atoms with E-state index in [1.165, 1.54) is 29.8 Å². The van der Waals surface area contributed by atoms with E-state index in [0.29, 0.717) is 22.9 Å². The summed E-state index contributed by atoms with van der Waals surface area (Å²) < 4.78 is 20.4. The highest BCUT2D eigenvalue weighted by Crippen LogP contribution is 2.17. The minimum Gasteiger partial charge on any atom is -0.497 e. The summed E-state index contributed by atoms with van der Waals surface area (Å²) in [6.07, 6.45) is 1.50. The van der Waals surface area contributed by atoms with Crippen LogP contribution in [0.5, 0.6) is 5.75 Å². The van der Waals surface area contributed by atoms with E-state index >= 15 is 0 Å². The molecule has 2 N–H and O–H groups in total. The van der Waals surface area contributed by atoms with Gasteiger partial charge in [0, 0.05) is 23.6 Å². The third kappa shape index (κ3) is 4.12. The molecule has 0 unspecified atom stereocenters. The summed E-state index contributed by atoms with van der Waals surface area (Å²) in [5.74, 6) is 0.386. The van der Waals surface area contributed by atoms with Gasteiger partial charge in [-0.3, -0.25) is 4.79 Å². The fraction of sp³-hybridized carbons (Fsp3) is 0.100. The number of aromatic nitrogens is 4. The van der Waals surface area contributed by atoms with Gasteiger partial charge in [0.05, 0.1) is 7.11 Å². The molecule has 152 valence electrons. The molecule has 30 heavy (non-hydrogen) atoms. The van der Waals surface area contributed by atoms with Crippen LogP contribution in [0.2, 0.25) is 0 Å². The number of nitrogens with zero attached hydrogens (tertiary/aromatic N) is 4. The number of methoxy groups -OCH3 is 1. The number of anilines is 3. The van der Waals surface area contributed by atoms with Crippen molar-refractivity contribution >= 4 is 28.9 Å². The van der Waals surface area contributed by atoms with Gasteiger partial charge in [0.25, 0.3) is 5.78 Å². The zero-order valence-corrected chi connectivity index (χ0v) is 15.9. The highest BCUT2D eigenvalue weighted by Gasteiger charge is 2.13. The second-order valence-corrected chi connectivity index (χ2v) is 6.34. The highest BCUT2D eigenvalue weighted by atomic mass is 19.1. The van der Waals surface area contributed by atoms with Gasteiger partial charge in [0.1, 0.15) is 23.9 Å². The maximum absolute atomic E-state index is 13.0. The Morgan fingerprint density at radius 2 is 1.93 bits per heavy atom. The maximum atomic E-state index is 13.0. The van der Waals surface area contributed by atoms with Gasteiger partial charge in [-0.1, -0.05) is 6.07 Å². The molecule has 0 bridgehead atoms. The Labute approximate surface area is 169 Å². The van der Waals surface area contributed by atoms with Gasteiger partial charge in [-0.15, -0.1) is 5.10 Å². The summed E-state index contributed by atoms with van der Waals surface area (Å²) in [6, 6.07) is 14.2. The van der Waals surface area contributed by atoms with Crippen molar-refractivity contribution in [3.63, 3.8) is 0 Å². The molecular weight excluding hydrogens is 391 g/mol. The number of halogens is 1. The molecule has 2 aromatic carbocycles.